The molecule has 0 aliphatic carbocycles. The number of ether oxygens (including phenoxy) is 2. The second-order valence-corrected chi connectivity index (χ2v) is 8.21. The van der Waals surface area contributed by atoms with Gasteiger partial charge in [-0.3, -0.25) is 24.3 Å². The van der Waals surface area contributed by atoms with Gasteiger partial charge in [0.05, 0.1) is 25.1 Å². The molecule has 2 aromatic rings. The van der Waals surface area contributed by atoms with Gasteiger partial charge in [-0.25, -0.2) is 9.79 Å². The third kappa shape index (κ3) is 3.58. The molecule has 3 aliphatic rings. The van der Waals surface area contributed by atoms with Gasteiger partial charge in [0.15, 0.2) is 12.2 Å². The van der Waals surface area contributed by atoms with Crippen LogP contribution >= 0.6 is 0 Å². The minimum atomic E-state index is -0.819. The second kappa shape index (κ2) is 8.79. The van der Waals surface area contributed by atoms with Gasteiger partial charge in [0.2, 0.25) is 5.96 Å². The molecule has 0 radical (unpaired) electrons. The summed E-state index contributed by atoms with van der Waals surface area (Å²) >= 11 is 0. The number of amides is 3. The molecule has 3 heterocycles. The molecule has 0 aromatic heterocycles. The number of hydrogen-bond donors (Lipinski definition) is 0. The van der Waals surface area contributed by atoms with Crippen molar-refractivity contribution in [3.8, 4) is 5.75 Å². The highest BCUT2D eigenvalue weighted by atomic mass is 16.5. The van der Waals surface area contributed by atoms with E-state index in [4.69, 9.17) is 14.5 Å². The van der Waals surface area contributed by atoms with Crippen molar-refractivity contribution in [2.45, 2.75) is 19.1 Å². The highest BCUT2D eigenvalue weighted by Gasteiger charge is 2.55. The Labute approximate surface area is 202 Å². The first kappa shape index (κ1) is 22.5. The summed E-state index contributed by atoms with van der Waals surface area (Å²) in [5.41, 5.74) is 2.47. The molecule has 2 atom stereocenters. The Morgan fingerprint density at radius 1 is 1.06 bits per heavy atom. The average Bonchev–Trinajstić information content (AvgIpc) is 3.42. The van der Waals surface area contributed by atoms with E-state index in [1.807, 2.05) is 65.7 Å². The molecule has 0 spiro atoms. The number of methoxy groups -OCH3 is 1. The van der Waals surface area contributed by atoms with Crippen LogP contribution in [-0.2, 0) is 14.3 Å². The number of urea groups is 1. The number of para-hydroxylation sites is 2. The third-order valence-electron chi connectivity index (χ3n) is 6.20. The number of nitrogens with zero attached hydrogens (tertiary/aromatic N) is 5. The fourth-order valence-corrected chi connectivity index (χ4v) is 4.58. The lowest BCUT2D eigenvalue weighted by molar-refractivity contribution is -0.150. The first-order valence-corrected chi connectivity index (χ1v) is 11.3. The van der Waals surface area contributed by atoms with Gasteiger partial charge < -0.3 is 14.4 Å². The molecule has 10 nitrogen and oxygen atoms in total. The van der Waals surface area contributed by atoms with Crippen molar-refractivity contribution in [1.82, 2.24) is 14.7 Å². The zero-order chi connectivity index (χ0) is 24.7. The number of imide groups is 1. The van der Waals surface area contributed by atoms with Crippen LogP contribution in [0.2, 0.25) is 0 Å². The van der Waals surface area contributed by atoms with E-state index in [1.54, 1.807) is 26.0 Å². The van der Waals surface area contributed by atoms with Gasteiger partial charge in [-0.05, 0) is 19.1 Å². The van der Waals surface area contributed by atoms with Gasteiger partial charge in [-0.1, -0.05) is 42.5 Å². The van der Waals surface area contributed by atoms with E-state index in [-0.39, 0.29) is 6.61 Å². The Kier molecular flexibility index (Phi) is 5.64. The van der Waals surface area contributed by atoms with Crippen LogP contribution in [0.4, 0.5) is 10.5 Å². The van der Waals surface area contributed by atoms with Crippen molar-refractivity contribution in [3.05, 3.63) is 66.4 Å². The molecule has 0 bridgehead atoms. The quantitative estimate of drug-likeness (QED) is 0.592. The normalized spacial score (nSPS) is 21.0. The molecular formula is C25H25N5O5. The van der Waals surface area contributed by atoms with Crippen LogP contribution in [0.25, 0.3) is 5.70 Å². The fraction of sp³-hybridized carbons (Fsp3) is 0.280. The van der Waals surface area contributed by atoms with E-state index in [9.17, 15) is 14.4 Å². The summed E-state index contributed by atoms with van der Waals surface area (Å²) in [6, 6.07) is 15.9. The van der Waals surface area contributed by atoms with Crippen LogP contribution < -0.4 is 9.64 Å². The number of carbonyl (C=O) groups is 3. The lowest BCUT2D eigenvalue weighted by Gasteiger charge is -2.39. The van der Waals surface area contributed by atoms with Crippen LogP contribution in [0.5, 0.6) is 5.75 Å². The van der Waals surface area contributed by atoms with E-state index < -0.39 is 36.7 Å². The summed E-state index contributed by atoms with van der Waals surface area (Å²) in [5, 5.41) is 0. The Morgan fingerprint density at radius 2 is 1.77 bits per heavy atom. The first-order valence-electron chi connectivity index (χ1n) is 11.3. The number of guanidine groups is 1. The third-order valence-corrected chi connectivity index (χ3v) is 6.20. The van der Waals surface area contributed by atoms with Crippen molar-refractivity contribution in [2.24, 2.45) is 4.99 Å². The predicted molar refractivity (Wildman–Crippen MR) is 128 cm³/mol. The number of hydrogen-bond acceptors (Lipinski definition) is 8. The topological polar surface area (TPSA) is 95.0 Å². The molecule has 1 fully saturated rings. The first-order chi connectivity index (χ1) is 17.0. The van der Waals surface area contributed by atoms with Crippen LogP contribution in [-0.4, -0.2) is 78.1 Å². The van der Waals surface area contributed by atoms with Crippen LogP contribution in [0, 0.1) is 0 Å². The lowest BCUT2D eigenvalue weighted by Crippen LogP contribution is -2.65. The van der Waals surface area contributed by atoms with Crippen molar-refractivity contribution >= 4 is 35.3 Å². The number of rotatable bonds is 6. The number of likely N-dealkylation sites (N-methyl/N-ethyl adjacent to an activating group) is 1. The minimum absolute atomic E-state index is 0.160. The summed E-state index contributed by atoms with van der Waals surface area (Å²) in [7, 11) is 3.17. The summed E-state index contributed by atoms with van der Waals surface area (Å²) in [6.45, 7) is 1.38. The van der Waals surface area contributed by atoms with Crippen molar-refractivity contribution in [2.75, 3.05) is 32.2 Å². The molecule has 0 N–H and O–H groups in total. The van der Waals surface area contributed by atoms with Gasteiger partial charge in [0, 0.05) is 18.8 Å². The van der Waals surface area contributed by atoms with Gasteiger partial charge in [0.25, 0.3) is 5.91 Å². The standard InChI is InChI=1S/C25H25N5O5/c1-4-35-20(31)15-29-23(32)21-22(27(2)25(29)33)26-24-28(21)14-18(16-10-6-5-7-11-16)30(24)17-12-8-9-13-19(17)34-3/h5-14,21-22H,4,15H2,1-3H3. The SMILES string of the molecule is CCOC(=O)CN1C(=O)C2C(N=C3N(c4ccccc4OC)C(c4ccccc4)=CN32)N(C)C1=O. The molecule has 2 unspecified atom stereocenters. The highest BCUT2D eigenvalue weighted by molar-refractivity contribution is 6.17. The lowest BCUT2D eigenvalue weighted by atomic mass is 10.1. The molecule has 5 rings (SSSR count). The number of anilines is 1. The summed E-state index contributed by atoms with van der Waals surface area (Å²) in [6.07, 6.45) is 1.12. The summed E-state index contributed by atoms with van der Waals surface area (Å²) < 4.78 is 10.6. The maximum Gasteiger partial charge on any atom is 0.328 e. The van der Waals surface area contributed by atoms with E-state index in [0.29, 0.717) is 11.7 Å². The number of benzene rings is 2. The predicted octanol–water partition coefficient (Wildman–Crippen LogP) is 2.34. The largest absolute Gasteiger partial charge is 0.495 e. The maximum atomic E-state index is 13.5. The Balaban J connectivity index is 1.58. The molecule has 2 aromatic carbocycles. The van der Waals surface area contributed by atoms with Gasteiger partial charge in [-0.15, -0.1) is 0 Å². The number of carbonyl (C=O) groups excluding carboxylic acids is 3. The van der Waals surface area contributed by atoms with Crippen molar-refractivity contribution in [1.29, 1.82) is 0 Å². The molecule has 3 amide bonds. The van der Waals surface area contributed by atoms with E-state index >= 15 is 0 Å². The van der Waals surface area contributed by atoms with E-state index in [1.165, 1.54) is 4.90 Å². The van der Waals surface area contributed by atoms with E-state index in [0.717, 1.165) is 21.8 Å². The molecular weight excluding hydrogens is 450 g/mol. The Bertz CT molecular complexity index is 1240. The smallest absolute Gasteiger partial charge is 0.328 e. The number of aliphatic imine (C=N–C) groups is 1. The van der Waals surface area contributed by atoms with Crippen molar-refractivity contribution in [3.63, 3.8) is 0 Å². The maximum absolute atomic E-state index is 13.5. The fourth-order valence-electron chi connectivity index (χ4n) is 4.58. The van der Waals surface area contributed by atoms with Crippen LogP contribution in [0.3, 0.4) is 0 Å². The Hall–Kier alpha value is -4.34. The van der Waals surface area contributed by atoms with Crippen LogP contribution in [0.15, 0.2) is 65.8 Å². The summed E-state index contributed by atoms with van der Waals surface area (Å²) in [5.74, 6) is -0.0176. The Morgan fingerprint density at radius 3 is 2.49 bits per heavy atom. The number of esters is 1. The molecule has 0 saturated carbocycles. The molecule has 35 heavy (non-hydrogen) atoms. The molecule has 10 heteroatoms. The second-order valence-electron chi connectivity index (χ2n) is 8.21. The zero-order valence-corrected chi connectivity index (χ0v) is 19.6. The van der Waals surface area contributed by atoms with Crippen LogP contribution in [0.1, 0.15) is 12.5 Å². The van der Waals surface area contributed by atoms with Crippen molar-refractivity contribution < 1.29 is 23.9 Å². The molecule has 1 saturated heterocycles. The highest BCUT2D eigenvalue weighted by Crippen LogP contribution is 2.42. The van der Waals surface area contributed by atoms with E-state index in [2.05, 4.69) is 0 Å². The van der Waals surface area contributed by atoms with Gasteiger partial charge >= 0.3 is 12.0 Å². The van der Waals surface area contributed by atoms with Gasteiger partial charge in [0.1, 0.15) is 12.3 Å². The molecule has 180 valence electrons. The minimum Gasteiger partial charge on any atom is -0.495 e. The monoisotopic (exact) mass is 475 g/mol. The number of fused-ring (bicyclic) bond motifs is 3. The van der Waals surface area contributed by atoms with Gasteiger partial charge in [-0.2, -0.15) is 0 Å². The summed E-state index contributed by atoms with van der Waals surface area (Å²) in [4.78, 5) is 49.4. The zero-order valence-electron chi connectivity index (χ0n) is 19.6. The molecule has 3 aliphatic heterocycles. The average molecular weight is 476 g/mol.